The van der Waals surface area contributed by atoms with Crippen molar-refractivity contribution in [1.29, 1.82) is 0 Å². The van der Waals surface area contributed by atoms with Crippen LogP contribution in [-0.2, 0) is 11.8 Å². The van der Waals surface area contributed by atoms with Crippen LogP contribution < -0.4 is 0 Å². The van der Waals surface area contributed by atoms with Gasteiger partial charge in [-0.25, -0.2) is 0 Å². The van der Waals surface area contributed by atoms with Crippen LogP contribution in [0.2, 0.25) is 0 Å². The quantitative estimate of drug-likeness (QED) is 0.664. The van der Waals surface area contributed by atoms with E-state index in [2.05, 4.69) is 74.5 Å². The Hall–Kier alpha value is -1.82. The van der Waals surface area contributed by atoms with Crippen molar-refractivity contribution in [2.75, 3.05) is 0 Å². The van der Waals surface area contributed by atoms with Crippen molar-refractivity contribution in [2.24, 2.45) is 0 Å². The van der Waals surface area contributed by atoms with Gasteiger partial charge in [0, 0.05) is 5.41 Å². The summed E-state index contributed by atoms with van der Waals surface area (Å²) in [6, 6.07) is 19.9. The maximum atomic E-state index is 2.31. The molecule has 0 heteroatoms. The lowest BCUT2D eigenvalue weighted by Crippen LogP contribution is -2.26. The molecular weight excluding hydrogens is 228 g/mol. The van der Waals surface area contributed by atoms with E-state index < -0.39 is 0 Å². The van der Waals surface area contributed by atoms with Crippen molar-refractivity contribution in [3.8, 4) is 0 Å². The fraction of sp³-hybridized carbons (Fsp3) is 0.263. The second-order valence-electron chi connectivity index (χ2n) is 5.40. The van der Waals surface area contributed by atoms with E-state index in [1.165, 1.54) is 35.1 Å². The van der Waals surface area contributed by atoms with Crippen LogP contribution in [0.15, 0.2) is 66.2 Å². The molecule has 0 heterocycles. The molecule has 0 saturated carbocycles. The van der Waals surface area contributed by atoms with Gasteiger partial charge < -0.3 is 0 Å². The largest absolute Gasteiger partial charge is 0.0875 e. The van der Waals surface area contributed by atoms with Gasteiger partial charge in [0.05, 0.1) is 0 Å². The molecule has 1 atom stereocenters. The molecule has 1 aliphatic carbocycles. The number of rotatable bonds is 2. The zero-order chi connectivity index (χ0) is 13.3. The molecule has 0 N–H and O–H groups in total. The van der Waals surface area contributed by atoms with Gasteiger partial charge in [0.2, 0.25) is 0 Å². The summed E-state index contributed by atoms with van der Waals surface area (Å²) in [6.07, 6.45) is 4.64. The standard InChI is InChI=1S/C19H20/c1-3-15(2)19(17-10-5-4-6-11-17)14-13-16-9-7-8-12-18(16)19/h3-12H,13-14H2,1-2H3/b15-3+. The highest BCUT2D eigenvalue weighted by atomic mass is 14.4. The summed E-state index contributed by atoms with van der Waals surface area (Å²) in [4.78, 5) is 0. The maximum absolute atomic E-state index is 2.31. The molecule has 0 fully saturated rings. The van der Waals surface area contributed by atoms with E-state index in [1.54, 1.807) is 0 Å². The fourth-order valence-electron chi connectivity index (χ4n) is 3.52. The van der Waals surface area contributed by atoms with Crippen molar-refractivity contribution in [2.45, 2.75) is 32.1 Å². The average molecular weight is 248 g/mol. The lowest BCUT2D eigenvalue weighted by molar-refractivity contribution is 0.595. The fourth-order valence-corrected chi connectivity index (χ4v) is 3.52. The van der Waals surface area contributed by atoms with Gasteiger partial charge in [0.1, 0.15) is 0 Å². The summed E-state index contributed by atoms with van der Waals surface area (Å²) in [5, 5.41) is 0. The highest BCUT2D eigenvalue weighted by molar-refractivity contribution is 5.54. The number of hydrogen-bond acceptors (Lipinski definition) is 0. The third kappa shape index (κ3) is 1.74. The van der Waals surface area contributed by atoms with E-state index in [1.807, 2.05) is 0 Å². The van der Waals surface area contributed by atoms with Gasteiger partial charge in [-0.15, -0.1) is 0 Å². The van der Waals surface area contributed by atoms with Gasteiger partial charge in [0.15, 0.2) is 0 Å². The highest BCUT2D eigenvalue weighted by Gasteiger charge is 2.40. The zero-order valence-electron chi connectivity index (χ0n) is 11.7. The number of aryl methyl sites for hydroxylation is 1. The molecule has 96 valence electrons. The Labute approximate surface area is 115 Å². The molecule has 0 nitrogen and oxygen atoms in total. The molecule has 2 aromatic carbocycles. The van der Waals surface area contributed by atoms with E-state index in [0.717, 1.165) is 0 Å². The summed E-state index contributed by atoms with van der Waals surface area (Å²) in [5.41, 5.74) is 5.98. The van der Waals surface area contributed by atoms with Crippen molar-refractivity contribution >= 4 is 0 Å². The Morgan fingerprint density at radius 3 is 2.42 bits per heavy atom. The summed E-state index contributed by atoms with van der Waals surface area (Å²) >= 11 is 0. The Morgan fingerprint density at radius 1 is 1.00 bits per heavy atom. The van der Waals surface area contributed by atoms with Crippen LogP contribution in [0.5, 0.6) is 0 Å². The summed E-state index contributed by atoms with van der Waals surface area (Å²) < 4.78 is 0. The van der Waals surface area contributed by atoms with Gasteiger partial charge in [-0.2, -0.15) is 0 Å². The van der Waals surface area contributed by atoms with Crippen LogP contribution >= 0.6 is 0 Å². The Kier molecular flexibility index (Phi) is 3.02. The molecule has 0 bridgehead atoms. The molecule has 1 unspecified atom stereocenters. The predicted molar refractivity (Wildman–Crippen MR) is 81.4 cm³/mol. The van der Waals surface area contributed by atoms with Crippen LogP contribution in [0.3, 0.4) is 0 Å². The van der Waals surface area contributed by atoms with Gasteiger partial charge >= 0.3 is 0 Å². The van der Waals surface area contributed by atoms with E-state index in [9.17, 15) is 0 Å². The number of fused-ring (bicyclic) bond motifs is 1. The first-order valence-electron chi connectivity index (χ1n) is 7.06. The van der Waals surface area contributed by atoms with Crippen molar-refractivity contribution in [3.63, 3.8) is 0 Å². The van der Waals surface area contributed by atoms with Gasteiger partial charge in [0.25, 0.3) is 0 Å². The third-order valence-electron chi connectivity index (χ3n) is 4.62. The average Bonchev–Trinajstić information content (AvgIpc) is 2.88. The summed E-state index contributed by atoms with van der Waals surface area (Å²) in [6.45, 7) is 4.43. The molecule has 0 aliphatic heterocycles. The van der Waals surface area contributed by atoms with Crippen LogP contribution in [-0.4, -0.2) is 0 Å². The highest BCUT2D eigenvalue weighted by Crippen LogP contribution is 2.48. The van der Waals surface area contributed by atoms with Gasteiger partial charge in [-0.1, -0.05) is 66.2 Å². The summed E-state index contributed by atoms with van der Waals surface area (Å²) in [7, 11) is 0. The molecular formula is C19H20. The minimum atomic E-state index is 0.0899. The topological polar surface area (TPSA) is 0 Å². The number of allylic oxidation sites excluding steroid dienone is 2. The first kappa shape index (κ1) is 12.2. The van der Waals surface area contributed by atoms with Gasteiger partial charge in [-0.05, 0) is 43.4 Å². The molecule has 1 aliphatic rings. The second-order valence-corrected chi connectivity index (χ2v) is 5.40. The Balaban J connectivity index is 2.27. The second kappa shape index (κ2) is 4.70. The number of hydrogen-bond donors (Lipinski definition) is 0. The van der Waals surface area contributed by atoms with E-state index >= 15 is 0 Å². The lowest BCUT2D eigenvalue weighted by atomic mass is 9.70. The van der Waals surface area contributed by atoms with Crippen LogP contribution in [0.4, 0.5) is 0 Å². The molecule has 0 aromatic heterocycles. The SMILES string of the molecule is C/C=C(\C)C1(c2ccccc2)CCc2ccccc21. The maximum Gasteiger partial charge on any atom is 0.0414 e. The monoisotopic (exact) mass is 248 g/mol. The first-order valence-corrected chi connectivity index (χ1v) is 7.06. The Morgan fingerprint density at radius 2 is 1.68 bits per heavy atom. The minimum absolute atomic E-state index is 0.0899. The first-order chi connectivity index (χ1) is 9.29. The van der Waals surface area contributed by atoms with Gasteiger partial charge in [-0.3, -0.25) is 0 Å². The summed E-state index contributed by atoms with van der Waals surface area (Å²) in [5.74, 6) is 0. The third-order valence-corrected chi connectivity index (χ3v) is 4.62. The minimum Gasteiger partial charge on any atom is -0.0875 e. The molecule has 3 rings (SSSR count). The lowest BCUT2D eigenvalue weighted by Gasteiger charge is -2.32. The molecule has 0 radical (unpaired) electrons. The number of benzene rings is 2. The van der Waals surface area contributed by atoms with Crippen LogP contribution in [0.1, 0.15) is 37.0 Å². The molecule has 0 saturated heterocycles. The van der Waals surface area contributed by atoms with E-state index in [4.69, 9.17) is 0 Å². The molecule has 0 spiro atoms. The van der Waals surface area contributed by atoms with E-state index in [0.29, 0.717) is 0 Å². The molecule has 19 heavy (non-hydrogen) atoms. The van der Waals surface area contributed by atoms with E-state index in [-0.39, 0.29) is 5.41 Å². The zero-order valence-corrected chi connectivity index (χ0v) is 11.7. The van der Waals surface area contributed by atoms with Crippen LogP contribution in [0.25, 0.3) is 0 Å². The smallest absolute Gasteiger partial charge is 0.0414 e. The predicted octanol–water partition coefficient (Wildman–Crippen LogP) is 4.89. The molecule has 2 aromatic rings. The van der Waals surface area contributed by atoms with Crippen molar-refractivity contribution in [3.05, 3.63) is 82.9 Å². The normalized spacial score (nSPS) is 22.3. The van der Waals surface area contributed by atoms with Crippen molar-refractivity contribution < 1.29 is 0 Å². The van der Waals surface area contributed by atoms with Crippen molar-refractivity contribution in [1.82, 2.24) is 0 Å². The molecule has 0 amide bonds. The Bertz CT molecular complexity index is 607. The van der Waals surface area contributed by atoms with Crippen LogP contribution in [0, 0.1) is 0 Å².